The standard InChI is InChI=1S/C26H30Cl2FN5O3.C2H6/c1-3-4-5-22-25(36)32(14-18-8-11-20(27)21(28)12-18)15-23-33(22)24(35)16-31(2)34(23)26(37)30-13-17-6-9-19(29)10-7-17;1-2/h6-12,22-23H,3-5,13-16H2,1-2H3,(H,30,37);1-2H3/t22-,23?;/m0./s1. The van der Waals surface area contributed by atoms with Crippen LogP contribution in [-0.2, 0) is 22.7 Å². The van der Waals surface area contributed by atoms with Crippen molar-refractivity contribution in [1.29, 1.82) is 0 Å². The third-order valence-electron chi connectivity index (χ3n) is 6.69. The predicted octanol–water partition coefficient (Wildman–Crippen LogP) is 5.29. The molecule has 2 aliphatic heterocycles. The van der Waals surface area contributed by atoms with Crippen molar-refractivity contribution >= 4 is 41.0 Å². The zero-order chi connectivity index (χ0) is 28.7. The number of carbonyl (C=O) groups excluding carboxylic acids is 3. The summed E-state index contributed by atoms with van der Waals surface area (Å²) in [5.41, 5.74) is 1.54. The van der Waals surface area contributed by atoms with Gasteiger partial charge in [0.05, 0.1) is 23.1 Å². The highest BCUT2D eigenvalue weighted by Crippen LogP contribution is 2.30. The SMILES string of the molecule is CC.CCCC[C@H]1C(=O)N(Cc2ccc(Cl)c(Cl)c2)CC2N1C(=O)CN(C)N2C(=O)NCc1ccc(F)cc1. The zero-order valence-electron chi connectivity index (χ0n) is 22.8. The molecule has 0 radical (unpaired) electrons. The Balaban J connectivity index is 0.00000205. The number of amides is 4. The van der Waals surface area contributed by atoms with Crippen LogP contribution in [0.25, 0.3) is 0 Å². The number of rotatable bonds is 7. The van der Waals surface area contributed by atoms with E-state index in [0.717, 1.165) is 24.0 Å². The number of likely N-dealkylation sites (N-methyl/N-ethyl adjacent to an activating group) is 1. The second-order valence-electron chi connectivity index (χ2n) is 9.35. The van der Waals surface area contributed by atoms with Crippen LogP contribution in [0.5, 0.6) is 0 Å². The van der Waals surface area contributed by atoms with E-state index in [2.05, 4.69) is 5.32 Å². The number of hydrogen-bond donors (Lipinski definition) is 1. The van der Waals surface area contributed by atoms with Crippen LogP contribution in [0.3, 0.4) is 0 Å². The summed E-state index contributed by atoms with van der Waals surface area (Å²) in [6.45, 7) is 6.60. The Morgan fingerprint density at radius 2 is 1.72 bits per heavy atom. The van der Waals surface area contributed by atoms with Gasteiger partial charge in [0.2, 0.25) is 11.8 Å². The minimum Gasteiger partial charge on any atom is -0.333 e. The van der Waals surface area contributed by atoms with Crippen molar-refractivity contribution in [3.05, 3.63) is 69.5 Å². The first-order chi connectivity index (χ1) is 18.7. The molecule has 2 fully saturated rings. The summed E-state index contributed by atoms with van der Waals surface area (Å²) in [4.78, 5) is 43.4. The van der Waals surface area contributed by atoms with Gasteiger partial charge in [-0.2, -0.15) is 0 Å². The Bertz CT molecular complexity index is 1170. The van der Waals surface area contributed by atoms with Crippen LogP contribution in [-0.4, -0.2) is 70.0 Å². The molecule has 212 valence electrons. The number of piperazine rings is 1. The van der Waals surface area contributed by atoms with E-state index >= 15 is 0 Å². The normalized spacial score (nSPS) is 19.4. The molecule has 2 heterocycles. The highest BCUT2D eigenvalue weighted by molar-refractivity contribution is 6.42. The lowest BCUT2D eigenvalue weighted by molar-refractivity contribution is -0.188. The molecule has 0 spiro atoms. The van der Waals surface area contributed by atoms with Gasteiger partial charge in [0.15, 0.2) is 0 Å². The first-order valence-corrected chi connectivity index (χ1v) is 14.0. The first kappa shape index (κ1) is 30.7. The third-order valence-corrected chi connectivity index (χ3v) is 7.43. The second kappa shape index (κ2) is 14.0. The maximum absolute atomic E-state index is 13.6. The minimum atomic E-state index is -0.679. The number of hydrogen-bond acceptors (Lipinski definition) is 4. The molecule has 2 aromatic rings. The molecule has 0 bridgehead atoms. The molecule has 2 aliphatic rings. The molecule has 0 saturated carbocycles. The summed E-state index contributed by atoms with van der Waals surface area (Å²) < 4.78 is 13.3. The maximum Gasteiger partial charge on any atom is 0.334 e. The molecule has 2 aromatic carbocycles. The van der Waals surface area contributed by atoms with Crippen molar-refractivity contribution in [1.82, 2.24) is 25.1 Å². The molecule has 1 N–H and O–H groups in total. The molecule has 1 unspecified atom stereocenters. The lowest BCUT2D eigenvalue weighted by Gasteiger charge is -2.54. The van der Waals surface area contributed by atoms with Gasteiger partial charge >= 0.3 is 6.03 Å². The fourth-order valence-corrected chi connectivity index (χ4v) is 5.16. The molecular formula is C28H36Cl2FN5O3. The van der Waals surface area contributed by atoms with Gasteiger partial charge in [0, 0.05) is 20.1 Å². The van der Waals surface area contributed by atoms with Gasteiger partial charge in [-0.3, -0.25) is 9.59 Å². The van der Waals surface area contributed by atoms with Crippen molar-refractivity contribution in [3.8, 4) is 0 Å². The number of urea groups is 1. The van der Waals surface area contributed by atoms with E-state index in [1.165, 1.54) is 17.1 Å². The zero-order valence-corrected chi connectivity index (χ0v) is 24.3. The summed E-state index contributed by atoms with van der Waals surface area (Å²) in [6.07, 6.45) is 1.46. The highest BCUT2D eigenvalue weighted by atomic mass is 35.5. The van der Waals surface area contributed by atoms with Crippen LogP contribution >= 0.6 is 23.2 Å². The predicted molar refractivity (Wildman–Crippen MR) is 150 cm³/mol. The summed E-state index contributed by atoms with van der Waals surface area (Å²) in [5, 5.41) is 6.75. The van der Waals surface area contributed by atoms with Crippen LogP contribution in [0, 0.1) is 5.82 Å². The average Bonchev–Trinajstić information content (AvgIpc) is 2.91. The molecule has 0 aliphatic carbocycles. The summed E-state index contributed by atoms with van der Waals surface area (Å²) in [6, 6.07) is 10.00. The molecular weight excluding hydrogens is 544 g/mol. The minimum absolute atomic E-state index is 0.0246. The fraction of sp³-hybridized carbons (Fsp3) is 0.464. The molecule has 11 heteroatoms. The van der Waals surface area contributed by atoms with Crippen LogP contribution in [0.2, 0.25) is 10.0 Å². The summed E-state index contributed by atoms with van der Waals surface area (Å²) >= 11 is 12.3. The van der Waals surface area contributed by atoms with Gasteiger partial charge in [0.1, 0.15) is 18.0 Å². The van der Waals surface area contributed by atoms with E-state index in [9.17, 15) is 18.8 Å². The molecule has 4 rings (SSSR count). The molecule has 2 saturated heterocycles. The van der Waals surface area contributed by atoms with Gasteiger partial charge in [0.25, 0.3) is 0 Å². The number of carbonyl (C=O) groups is 3. The monoisotopic (exact) mass is 579 g/mol. The number of unbranched alkanes of at least 4 members (excludes halogenated alkanes) is 1. The summed E-state index contributed by atoms with van der Waals surface area (Å²) in [7, 11) is 1.67. The smallest absolute Gasteiger partial charge is 0.333 e. The van der Waals surface area contributed by atoms with Crippen LogP contribution in [0.15, 0.2) is 42.5 Å². The largest absolute Gasteiger partial charge is 0.334 e. The van der Waals surface area contributed by atoms with E-state index in [4.69, 9.17) is 23.2 Å². The highest BCUT2D eigenvalue weighted by Gasteiger charge is 2.50. The average molecular weight is 581 g/mol. The van der Waals surface area contributed by atoms with Crippen LogP contribution in [0.4, 0.5) is 9.18 Å². The molecule has 39 heavy (non-hydrogen) atoms. The molecule has 0 aromatic heterocycles. The molecule has 4 amide bonds. The number of fused-ring (bicyclic) bond motifs is 1. The van der Waals surface area contributed by atoms with E-state index < -0.39 is 18.2 Å². The second-order valence-corrected chi connectivity index (χ2v) is 10.2. The van der Waals surface area contributed by atoms with E-state index in [-0.39, 0.29) is 43.8 Å². The number of benzene rings is 2. The Kier molecular flexibility index (Phi) is 11.0. The lowest BCUT2D eigenvalue weighted by atomic mass is 10.0. The van der Waals surface area contributed by atoms with Crippen molar-refractivity contribution in [2.45, 2.75) is 65.3 Å². The molecule has 2 atom stereocenters. The Hall–Kier alpha value is -2.88. The Morgan fingerprint density at radius 1 is 1.05 bits per heavy atom. The van der Waals surface area contributed by atoms with Crippen molar-refractivity contribution < 1.29 is 18.8 Å². The van der Waals surface area contributed by atoms with Gasteiger partial charge < -0.3 is 15.1 Å². The number of halogens is 3. The van der Waals surface area contributed by atoms with Gasteiger partial charge in [-0.25, -0.2) is 19.2 Å². The number of hydrazine groups is 1. The fourth-order valence-electron chi connectivity index (χ4n) is 4.84. The third kappa shape index (κ3) is 7.21. The topological polar surface area (TPSA) is 76.2 Å². The summed E-state index contributed by atoms with van der Waals surface area (Å²) in [5.74, 6) is -0.703. The van der Waals surface area contributed by atoms with Crippen molar-refractivity contribution in [2.75, 3.05) is 20.1 Å². The quantitative estimate of drug-likeness (QED) is 0.483. The molecule has 8 nitrogen and oxygen atoms in total. The Morgan fingerprint density at radius 3 is 2.36 bits per heavy atom. The Labute approximate surface area is 239 Å². The number of nitrogens with zero attached hydrogens (tertiary/aromatic N) is 4. The van der Waals surface area contributed by atoms with E-state index in [1.807, 2.05) is 20.8 Å². The number of nitrogens with one attached hydrogen (secondary N) is 1. The van der Waals surface area contributed by atoms with Gasteiger partial charge in [-0.15, -0.1) is 0 Å². The van der Waals surface area contributed by atoms with Crippen LogP contribution < -0.4 is 5.32 Å². The van der Waals surface area contributed by atoms with Crippen LogP contribution in [0.1, 0.15) is 51.2 Å². The first-order valence-electron chi connectivity index (χ1n) is 13.3. The van der Waals surface area contributed by atoms with E-state index in [1.54, 1.807) is 52.2 Å². The van der Waals surface area contributed by atoms with Gasteiger partial charge in [-0.05, 0) is 41.8 Å². The van der Waals surface area contributed by atoms with E-state index in [0.29, 0.717) is 16.5 Å². The van der Waals surface area contributed by atoms with Crippen molar-refractivity contribution in [3.63, 3.8) is 0 Å². The lowest BCUT2D eigenvalue weighted by Crippen LogP contribution is -2.75. The maximum atomic E-state index is 13.6. The van der Waals surface area contributed by atoms with Crippen molar-refractivity contribution in [2.24, 2.45) is 0 Å². The van der Waals surface area contributed by atoms with Gasteiger partial charge in [-0.1, -0.05) is 75.0 Å².